The second kappa shape index (κ2) is 7.33. The van der Waals surface area contributed by atoms with Gasteiger partial charge in [-0.05, 0) is 24.6 Å². The molecule has 0 aromatic heterocycles. The first kappa shape index (κ1) is 17.3. The third-order valence-corrected chi connectivity index (χ3v) is 6.59. The molecule has 2 unspecified atom stereocenters. The molecule has 0 aliphatic carbocycles. The fourth-order valence-corrected chi connectivity index (χ4v) is 4.93. The second-order valence-electron chi connectivity index (χ2n) is 4.28. The summed E-state index contributed by atoms with van der Waals surface area (Å²) in [5.41, 5.74) is 0.217. The molecule has 1 rings (SSSR count). The Balaban J connectivity index is 2.84. The molecule has 0 amide bonds. The quantitative estimate of drug-likeness (QED) is 0.797. The van der Waals surface area contributed by atoms with E-state index in [2.05, 4.69) is 0 Å². The Morgan fingerprint density at radius 1 is 1.48 bits per heavy atom. The molecule has 0 aliphatic heterocycles. The van der Waals surface area contributed by atoms with E-state index < -0.39 is 37.6 Å². The average Bonchev–Trinajstić information content (AvgIpc) is 2.45. The van der Waals surface area contributed by atoms with Crippen LogP contribution in [-0.2, 0) is 25.4 Å². The lowest BCUT2D eigenvalue weighted by Crippen LogP contribution is -2.28. The van der Waals surface area contributed by atoms with E-state index in [9.17, 15) is 17.4 Å². The molecular formula is C13H15NO5S2. The van der Waals surface area contributed by atoms with E-state index in [0.29, 0.717) is 0 Å². The van der Waals surface area contributed by atoms with E-state index in [4.69, 9.17) is 10.4 Å². The highest BCUT2D eigenvalue weighted by molar-refractivity contribution is 7.93. The predicted octanol–water partition coefficient (Wildman–Crippen LogP) is 0.944. The monoisotopic (exact) mass is 329 g/mol. The van der Waals surface area contributed by atoms with Crippen LogP contribution in [-0.4, -0.2) is 40.5 Å². The van der Waals surface area contributed by atoms with Gasteiger partial charge < -0.3 is 5.11 Å². The number of rotatable bonds is 7. The summed E-state index contributed by atoms with van der Waals surface area (Å²) in [6, 6.07) is 7.38. The van der Waals surface area contributed by atoms with Crippen LogP contribution in [0.25, 0.3) is 0 Å². The Bertz CT molecular complexity index is 691. The zero-order valence-electron chi connectivity index (χ0n) is 11.4. The summed E-state index contributed by atoms with van der Waals surface area (Å²) in [4.78, 5) is 10.8. The maximum Gasteiger partial charge on any atom is 0.319 e. The predicted molar refractivity (Wildman–Crippen MR) is 77.9 cm³/mol. The molecule has 21 heavy (non-hydrogen) atoms. The largest absolute Gasteiger partial charge is 0.480 e. The van der Waals surface area contributed by atoms with Gasteiger partial charge in [0.25, 0.3) is 0 Å². The fourth-order valence-electron chi connectivity index (χ4n) is 1.68. The van der Waals surface area contributed by atoms with Crippen molar-refractivity contribution in [1.82, 2.24) is 0 Å². The summed E-state index contributed by atoms with van der Waals surface area (Å²) in [6.07, 6.45) is 0.173. The molecule has 0 heterocycles. The van der Waals surface area contributed by atoms with Crippen LogP contribution in [0.5, 0.6) is 0 Å². The number of carboxylic acid groups (broad SMARTS) is 1. The van der Waals surface area contributed by atoms with E-state index in [1.165, 1.54) is 24.3 Å². The summed E-state index contributed by atoms with van der Waals surface area (Å²) in [6.45, 7) is 1.58. The number of carboxylic acids is 1. The Morgan fingerprint density at radius 2 is 2.14 bits per heavy atom. The van der Waals surface area contributed by atoms with Crippen LogP contribution in [0.3, 0.4) is 0 Å². The van der Waals surface area contributed by atoms with Crippen molar-refractivity contribution in [3.63, 3.8) is 0 Å². The molecule has 0 spiro atoms. The molecule has 0 fully saturated rings. The smallest absolute Gasteiger partial charge is 0.319 e. The number of hydrogen-bond donors (Lipinski definition) is 1. The minimum absolute atomic E-state index is 0.0260. The molecule has 114 valence electrons. The number of nitrogens with zero attached hydrogens (tertiary/aromatic N) is 1. The molecule has 0 bridgehead atoms. The summed E-state index contributed by atoms with van der Waals surface area (Å²) in [7, 11) is -5.45. The molecule has 0 saturated heterocycles. The molecule has 8 heteroatoms. The number of aliphatic carboxylic acids is 1. The third kappa shape index (κ3) is 4.65. The van der Waals surface area contributed by atoms with Gasteiger partial charge in [0.15, 0.2) is 9.84 Å². The number of carbonyl (C=O) groups is 1. The topological polar surface area (TPSA) is 112 Å². The fraction of sp³-hybridized carbons (Fsp3) is 0.385. The Labute approximate surface area is 125 Å². The highest BCUT2D eigenvalue weighted by Gasteiger charge is 2.25. The van der Waals surface area contributed by atoms with Crippen LogP contribution < -0.4 is 0 Å². The zero-order chi connectivity index (χ0) is 16.0. The molecule has 1 aromatic carbocycles. The molecule has 1 N–H and O–H groups in total. The van der Waals surface area contributed by atoms with Gasteiger partial charge >= 0.3 is 5.97 Å². The molecule has 1 aromatic rings. The standard InChI is InChI=1S/C13H15NO5S2/c1-2-12(13(15)16)20(17)6-7-21(18,19)11-5-3-4-10(8-11)9-14/h3-5,8,12H,2,6-7H2,1H3,(H,15,16). The third-order valence-electron chi connectivity index (χ3n) is 2.84. The van der Waals surface area contributed by atoms with Crippen molar-refractivity contribution in [2.24, 2.45) is 0 Å². The molecular weight excluding hydrogens is 314 g/mol. The lowest BCUT2D eigenvalue weighted by molar-refractivity contribution is -0.136. The number of benzene rings is 1. The average molecular weight is 329 g/mol. The molecule has 0 saturated carbocycles. The van der Waals surface area contributed by atoms with E-state index in [1.807, 2.05) is 6.07 Å². The molecule has 0 aliphatic rings. The van der Waals surface area contributed by atoms with Crippen LogP contribution in [0.2, 0.25) is 0 Å². The van der Waals surface area contributed by atoms with Crippen LogP contribution in [0, 0.1) is 11.3 Å². The van der Waals surface area contributed by atoms with Crippen molar-refractivity contribution in [3.8, 4) is 6.07 Å². The van der Waals surface area contributed by atoms with Gasteiger partial charge in [0, 0.05) is 16.6 Å². The Kier molecular flexibility index (Phi) is 6.05. The normalized spacial score (nSPS) is 14.1. The van der Waals surface area contributed by atoms with E-state index in [1.54, 1.807) is 6.92 Å². The van der Waals surface area contributed by atoms with Crippen LogP contribution >= 0.6 is 0 Å². The van der Waals surface area contributed by atoms with Crippen LogP contribution in [0.1, 0.15) is 18.9 Å². The maximum absolute atomic E-state index is 12.1. The van der Waals surface area contributed by atoms with Crippen molar-refractivity contribution in [1.29, 1.82) is 5.26 Å². The van der Waals surface area contributed by atoms with Gasteiger partial charge in [-0.25, -0.2) is 8.42 Å². The summed E-state index contributed by atoms with van der Waals surface area (Å²) in [5, 5.41) is 16.6. The highest BCUT2D eigenvalue weighted by atomic mass is 32.2. The zero-order valence-corrected chi connectivity index (χ0v) is 13.0. The van der Waals surface area contributed by atoms with Gasteiger partial charge in [0.1, 0.15) is 5.25 Å². The summed E-state index contributed by atoms with van der Waals surface area (Å²) in [5.74, 6) is -1.86. The SMILES string of the molecule is CCC(C(=O)O)S(=O)CCS(=O)(=O)c1cccc(C#N)c1. The lowest BCUT2D eigenvalue weighted by atomic mass is 10.2. The van der Waals surface area contributed by atoms with E-state index in [-0.39, 0.29) is 22.6 Å². The Morgan fingerprint density at radius 3 is 2.67 bits per heavy atom. The number of sulfone groups is 1. The first-order valence-electron chi connectivity index (χ1n) is 6.14. The highest BCUT2D eigenvalue weighted by Crippen LogP contribution is 2.14. The van der Waals surface area contributed by atoms with E-state index in [0.717, 1.165) is 0 Å². The van der Waals surface area contributed by atoms with E-state index >= 15 is 0 Å². The minimum Gasteiger partial charge on any atom is -0.480 e. The lowest BCUT2D eigenvalue weighted by Gasteiger charge is -2.10. The van der Waals surface area contributed by atoms with Crippen LogP contribution in [0.4, 0.5) is 0 Å². The van der Waals surface area contributed by atoms with Crippen molar-refractivity contribution < 1.29 is 22.5 Å². The number of nitriles is 1. The van der Waals surface area contributed by atoms with Gasteiger partial charge in [-0.15, -0.1) is 0 Å². The molecule has 0 radical (unpaired) electrons. The molecule has 2 atom stereocenters. The van der Waals surface area contributed by atoms with Crippen molar-refractivity contribution >= 4 is 26.6 Å². The second-order valence-corrected chi connectivity index (χ2v) is 8.13. The van der Waals surface area contributed by atoms with Gasteiger partial charge in [-0.1, -0.05) is 13.0 Å². The van der Waals surface area contributed by atoms with Crippen molar-refractivity contribution in [3.05, 3.63) is 29.8 Å². The maximum atomic E-state index is 12.1. The van der Waals surface area contributed by atoms with Crippen molar-refractivity contribution in [2.45, 2.75) is 23.5 Å². The van der Waals surface area contributed by atoms with Gasteiger partial charge in [0.2, 0.25) is 0 Å². The first-order valence-corrected chi connectivity index (χ1v) is 9.18. The number of hydrogen-bond acceptors (Lipinski definition) is 5. The van der Waals surface area contributed by atoms with Gasteiger partial charge in [0.05, 0.1) is 22.3 Å². The summed E-state index contributed by atoms with van der Waals surface area (Å²) >= 11 is 0. The minimum atomic E-state index is -3.69. The van der Waals surface area contributed by atoms with Crippen LogP contribution in [0.15, 0.2) is 29.2 Å². The first-order chi connectivity index (χ1) is 9.81. The Hall–Kier alpha value is -1.72. The molecule has 6 nitrogen and oxygen atoms in total. The van der Waals surface area contributed by atoms with Crippen molar-refractivity contribution in [2.75, 3.05) is 11.5 Å². The van der Waals surface area contributed by atoms with Gasteiger partial charge in [-0.3, -0.25) is 9.00 Å². The van der Waals surface area contributed by atoms with Gasteiger partial charge in [-0.2, -0.15) is 5.26 Å². The summed E-state index contributed by atoms with van der Waals surface area (Å²) < 4.78 is 36.0.